The number of hydrogen-bond donors (Lipinski definition) is 1. The van der Waals surface area contributed by atoms with Crippen LogP contribution in [0, 0.1) is 0 Å². The first-order chi connectivity index (χ1) is 8.22. The number of hydrogen-bond acceptors (Lipinski definition) is 3. The summed E-state index contributed by atoms with van der Waals surface area (Å²) in [4.78, 5) is 5.10. The van der Waals surface area contributed by atoms with Crippen LogP contribution in [0.3, 0.4) is 0 Å². The molecular weight excluding hydrogens is 210 g/mol. The largest absolute Gasteiger partial charge is 0.326 e. The highest BCUT2D eigenvalue weighted by molar-refractivity contribution is 4.87. The number of nitrogens with zero attached hydrogens (tertiary/aromatic N) is 2. The van der Waals surface area contributed by atoms with Gasteiger partial charge in [-0.1, -0.05) is 27.2 Å². The molecule has 3 nitrogen and oxygen atoms in total. The summed E-state index contributed by atoms with van der Waals surface area (Å²) in [6, 6.07) is 1.07. The van der Waals surface area contributed by atoms with Crippen molar-refractivity contribution in [3.05, 3.63) is 0 Å². The van der Waals surface area contributed by atoms with E-state index in [0.29, 0.717) is 12.1 Å². The molecule has 0 heterocycles. The zero-order chi connectivity index (χ0) is 12.7. The summed E-state index contributed by atoms with van der Waals surface area (Å²) in [5.74, 6) is 0. The second kappa shape index (κ2) is 8.06. The quantitative estimate of drug-likeness (QED) is 0.705. The molecule has 2 unspecified atom stereocenters. The molecule has 0 aromatic rings. The number of nitrogens with two attached hydrogens (primary N) is 1. The summed E-state index contributed by atoms with van der Waals surface area (Å²) in [7, 11) is 0. The first-order valence-electron chi connectivity index (χ1n) is 7.44. The molecule has 0 spiro atoms. The molecule has 1 aliphatic rings. The average Bonchev–Trinajstić information content (AvgIpc) is 2.76. The van der Waals surface area contributed by atoms with Gasteiger partial charge in [0, 0.05) is 12.1 Å². The number of rotatable bonds is 8. The molecule has 1 fully saturated rings. The Morgan fingerprint density at radius 3 is 2.18 bits per heavy atom. The van der Waals surface area contributed by atoms with Gasteiger partial charge in [0.05, 0.1) is 0 Å². The van der Waals surface area contributed by atoms with Crippen molar-refractivity contribution in [3.8, 4) is 0 Å². The molecule has 0 aliphatic heterocycles. The molecule has 2 N–H and O–H groups in total. The van der Waals surface area contributed by atoms with Gasteiger partial charge in [0.1, 0.15) is 0 Å². The summed E-state index contributed by atoms with van der Waals surface area (Å²) in [6.45, 7) is 12.7. The van der Waals surface area contributed by atoms with Gasteiger partial charge in [0.25, 0.3) is 0 Å². The first kappa shape index (κ1) is 14.9. The topological polar surface area (TPSA) is 32.5 Å². The predicted octanol–water partition coefficient (Wildman–Crippen LogP) is 1.92. The van der Waals surface area contributed by atoms with Crippen LogP contribution in [0.2, 0.25) is 0 Å². The Labute approximate surface area is 107 Å². The van der Waals surface area contributed by atoms with Crippen molar-refractivity contribution in [1.82, 2.24) is 9.80 Å². The van der Waals surface area contributed by atoms with Crippen LogP contribution in [0.4, 0.5) is 0 Å². The third-order valence-corrected chi connectivity index (χ3v) is 4.22. The van der Waals surface area contributed by atoms with E-state index in [0.717, 1.165) is 6.54 Å². The molecule has 102 valence electrons. The molecule has 0 radical (unpaired) electrons. The smallest absolute Gasteiger partial charge is 0.0247 e. The van der Waals surface area contributed by atoms with Crippen LogP contribution in [-0.2, 0) is 0 Å². The Balaban J connectivity index is 2.27. The Morgan fingerprint density at radius 2 is 1.71 bits per heavy atom. The van der Waals surface area contributed by atoms with Crippen molar-refractivity contribution in [2.45, 2.75) is 58.5 Å². The molecule has 2 atom stereocenters. The fourth-order valence-electron chi connectivity index (χ4n) is 3.02. The van der Waals surface area contributed by atoms with Crippen molar-refractivity contribution in [3.63, 3.8) is 0 Å². The molecule has 0 amide bonds. The minimum atomic E-state index is 0.420. The maximum atomic E-state index is 6.19. The van der Waals surface area contributed by atoms with Crippen molar-refractivity contribution >= 4 is 0 Å². The predicted molar refractivity (Wildman–Crippen MR) is 75.3 cm³/mol. The minimum absolute atomic E-state index is 0.420. The van der Waals surface area contributed by atoms with Gasteiger partial charge in [-0.2, -0.15) is 0 Å². The lowest BCUT2D eigenvalue weighted by molar-refractivity contribution is 0.179. The van der Waals surface area contributed by atoms with E-state index >= 15 is 0 Å². The van der Waals surface area contributed by atoms with E-state index in [2.05, 4.69) is 30.6 Å². The standard InChI is InChI=1S/C14H31N3/c1-4-16(5-2)11-8-12-17(6-3)14-10-7-9-13(14)15/h13-14H,4-12,15H2,1-3H3. The van der Waals surface area contributed by atoms with E-state index in [1.54, 1.807) is 0 Å². The zero-order valence-corrected chi connectivity index (χ0v) is 12.0. The van der Waals surface area contributed by atoms with Crippen LogP contribution in [0.1, 0.15) is 46.5 Å². The van der Waals surface area contributed by atoms with Gasteiger partial charge >= 0.3 is 0 Å². The SMILES string of the molecule is CCN(CC)CCCN(CC)C1CCCC1N. The fraction of sp³-hybridized carbons (Fsp3) is 1.00. The molecule has 1 rings (SSSR count). The van der Waals surface area contributed by atoms with Gasteiger partial charge in [0.2, 0.25) is 0 Å². The lowest BCUT2D eigenvalue weighted by Gasteiger charge is -2.31. The summed E-state index contributed by atoms with van der Waals surface area (Å²) in [6.07, 6.45) is 5.12. The third-order valence-electron chi connectivity index (χ3n) is 4.22. The Morgan fingerprint density at radius 1 is 1.00 bits per heavy atom. The molecule has 1 aliphatic carbocycles. The minimum Gasteiger partial charge on any atom is -0.326 e. The molecule has 0 aromatic heterocycles. The van der Waals surface area contributed by atoms with E-state index in [1.807, 2.05) is 0 Å². The highest BCUT2D eigenvalue weighted by Crippen LogP contribution is 2.22. The van der Waals surface area contributed by atoms with Gasteiger partial charge in [-0.15, -0.1) is 0 Å². The van der Waals surface area contributed by atoms with E-state index in [1.165, 1.54) is 51.9 Å². The molecule has 0 aromatic carbocycles. The van der Waals surface area contributed by atoms with Gasteiger partial charge in [-0.05, 0) is 52.0 Å². The fourth-order valence-corrected chi connectivity index (χ4v) is 3.02. The van der Waals surface area contributed by atoms with Crippen LogP contribution < -0.4 is 5.73 Å². The van der Waals surface area contributed by atoms with Crippen LogP contribution in [0.5, 0.6) is 0 Å². The zero-order valence-electron chi connectivity index (χ0n) is 12.0. The summed E-state index contributed by atoms with van der Waals surface area (Å²) < 4.78 is 0. The Kier molecular flexibility index (Phi) is 7.09. The number of likely N-dealkylation sites (N-methyl/N-ethyl adjacent to an activating group) is 1. The van der Waals surface area contributed by atoms with Gasteiger partial charge in [0.15, 0.2) is 0 Å². The molecular formula is C14H31N3. The third kappa shape index (κ3) is 4.57. The maximum Gasteiger partial charge on any atom is 0.0247 e. The second-order valence-electron chi connectivity index (χ2n) is 5.17. The Bertz CT molecular complexity index is 192. The maximum absolute atomic E-state index is 6.19. The van der Waals surface area contributed by atoms with Gasteiger partial charge < -0.3 is 10.6 Å². The van der Waals surface area contributed by atoms with E-state index in [4.69, 9.17) is 5.73 Å². The monoisotopic (exact) mass is 241 g/mol. The van der Waals surface area contributed by atoms with E-state index < -0.39 is 0 Å². The van der Waals surface area contributed by atoms with Crippen LogP contribution >= 0.6 is 0 Å². The molecule has 0 bridgehead atoms. The molecule has 17 heavy (non-hydrogen) atoms. The first-order valence-corrected chi connectivity index (χ1v) is 7.44. The van der Waals surface area contributed by atoms with Crippen LogP contribution in [0.15, 0.2) is 0 Å². The van der Waals surface area contributed by atoms with Crippen LogP contribution in [-0.4, -0.2) is 54.6 Å². The second-order valence-corrected chi connectivity index (χ2v) is 5.17. The molecule has 1 saturated carbocycles. The van der Waals surface area contributed by atoms with Crippen molar-refractivity contribution in [2.24, 2.45) is 5.73 Å². The van der Waals surface area contributed by atoms with Crippen molar-refractivity contribution in [2.75, 3.05) is 32.7 Å². The molecule has 3 heteroatoms. The van der Waals surface area contributed by atoms with Gasteiger partial charge in [-0.3, -0.25) is 4.90 Å². The molecule has 0 saturated heterocycles. The lowest BCUT2D eigenvalue weighted by Crippen LogP contribution is -2.45. The normalized spacial score (nSPS) is 25.1. The highest BCUT2D eigenvalue weighted by Gasteiger charge is 2.28. The van der Waals surface area contributed by atoms with Crippen LogP contribution in [0.25, 0.3) is 0 Å². The van der Waals surface area contributed by atoms with Crippen molar-refractivity contribution < 1.29 is 0 Å². The highest BCUT2D eigenvalue weighted by atomic mass is 15.2. The van der Waals surface area contributed by atoms with E-state index in [-0.39, 0.29) is 0 Å². The van der Waals surface area contributed by atoms with Crippen molar-refractivity contribution in [1.29, 1.82) is 0 Å². The summed E-state index contributed by atoms with van der Waals surface area (Å²) in [5.41, 5.74) is 6.19. The summed E-state index contributed by atoms with van der Waals surface area (Å²) in [5, 5.41) is 0. The lowest BCUT2D eigenvalue weighted by atomic mass is 10.1. The average molecular weight is 241 g/mol. The Hall–Kier alpha value is -0.120. The van der Waals surface area contributed by atoms with E-state index in [9.17, 15) is 0 Å². The van der Waals surface area contributed by atoms with Gasteiger partial charge in [-0.25, -0.2) is 0 Å². The summed E-state index contributed by atoms with van der Waals surface area (Å²) >= 11 is 0.